The Morgan fingerprint density at radius 3 is 2.48 bits per heavy atom. The van der Waals surface area contributed by atoms with Crippen LogP contribution in [0.15, 0.2) is 72.1 Å². The molecule has 3 aromatic rings. The van der Waals surface area contributed by atoms with Gasteiger partial charge in [0.2, 0.25) is 0 Å². The number of nitrogens with zero attached hydrogens (tertiary/aromatic N) is 2. The average Bonchev–Trinajstić information content (AvgIpc) is 3.38. The summed E-state index contributed by atoms with van der Waals surface area (Å²) in [5.41, 5.74) is 2.89. The van der Waals surface area contributed by atoms with Crippen LogP contribution in [0.1, 0.15) is 41.4 Å². The van der Waals surface area contributed by atoms with Crippen LogP contribution in [0, 0.1) is 0 Å². The molecule has 2 aromatic carbocycles. The maximum Gasteiger partial charge on any atom is 0.134 e. The molecule has 0 spiro atoms. The Morgan fingerprint density at radius 1 is 1.03 bits per heavy atom. The fourth-order valence-corrected chi connectivity index (χ4v) is 5.76. The van der Waals surface area contributed by atoms with E-state index in [0.717, 1.165) is 51.2 Å². The summed E-state index contributed by atoms with van der Waals surface area (Å²) in [5.74, 6) is 0.964. The highest BCUT2D eigenvalue weighted by Crippen LogP contribution is 2.37. The van der Waals surface area contributed by atoms with Crippen molar-refractivity contribution in [2.45, 2.75) is 37.5 Å². The van der Waals surface area contributed by atoms with Crippen LogP contribution in [0.4, 0.5) is 0 Å². The highest BCUT2D eigenvalue weighted by atomic mass is 32.1. The normalized spacial score (nSPS) is 17.2. The second kappa shape index (κ2) is 11.3. The first-order valence-electron chi connectivity index (χ1n) is 12.0. The molecular formula is C28H37N3OS. The number of hydrogen-bond donors (Lipinski definition) is 1. The first kappa shape index (κ1) is 24.0. The first-order valence-corrected chi connectivity index (χ1v) is 12.9. The summed E-state index contributed by atoms with van der Waals surface area (Å²) in [4.78, 5) is 6.29. The number of rotatable bonds is 10. The lowest BCUT2D eigenvalue weighted by atomic mass is 9.79. The third-order valence-corrected chi connectivity index (χ3v) is 7.91. The lowest BCUT2D eigenvalue weighted by Gasteiger charge is -2.46. The van der Waals surface area contributed by atoms with E-state index in [1.54, 1.807) is 11.3 Å². The van der Waals surface area contributed by atoms with Gasteiger partial charge in [0.1, 0.15) is 11.9 Å². The molecular weight excluding hydrogens is 426 g/mol. The minimum Gasteiger partial charge on any atom is -0.485 e. The number of likely N-dealkylation sites (tertiary alicyclic amines) is 1. The molecule has 1 aromatic heterocycles. The van der Waals surface area contributed by atoms with Crippen molar-refractivity contribution in [1.82, 2.24) is 15.1 Å². The standard InChI is InChI=1S/C28H37N3OS/c1-29-17-14-26(27-13-8-20-33-27)32-25-12-7-9-23(21-25)22-31-18-15-28(16-19-31,30(2)3)24-10-5-4-6-11-24/h4-13,20-21,26,29H,14-19,22H2,1-3H3. The van der Waals surface area contributed by atoms with E-state index in [1.165, 1.54) is 16.0 Å². The summed E-state index contributed by atoms with van der Waals surface area (Å²) in [6.45, 7) is 4.09. The van der Waals surface area contributed by atoms with Crippen LogP contribution in [0.5, 0.6) is 5.75 Å². The summed E-state index contributed by atoms with van der Waals surface area (Å²) >= 11 is 1.77. The zero-order valence-electron chi connectivity index (χ0n) is 20.2. The predicted molar refractivity (Wildman–Crippen MR) is 139 cm³/mol. The zero-order chi connectivity index (χ0) is 23.1. The molecule has 0 radical (unpaired) electrons. The molecule has 1 unspecified atom stereocenters. The Labute approximate surface area is 203 Å². The smallest absolute Gasteiger partial charge is 0.134 e. The van der Waals surface area contributed by atoms with Gasteiger partial charge in [-0.15, -0.1) is 11.3 Å². The molecule has 2 heterocycles. The van der Waals surface area contributed by atoms with Crippen molar-refractivity contribution in [2.24, 2.45) is 0 Å². The van der Waals surface area contributed by atoms with Gasteiger partial charge in [-0.2, -0.15) is 0 Å². The van der Waals surface area contributed by atoms with Crippen LogP contribution >= 0.6 is 11.3 Å². The van der Waals surface area contributed by atoms with Gasteiger partial charge in [0.15, 0.2) is 0 Å². The largest absolute Gasteiger partial charge is 0.485 e. The maximum absolute atomic E-state index is 6.46. The van der Waals surface area contributed by atoms with Crippen LogP contribution < -0.4 is 10.1 Å². The predicted octanol–water partition coefficient (Wildman–Crippen LogP) is 5.53. The fraction of sp³-hybridized carbons (Fsp3) is 0.429. The van der Waals surface area contributed by atoms with Gasteiger partial charge in [0.05, 0.1) is 0 Å². The van der Waals surface area contributed by atoms with Crippen molar-refractivity contribution in [3.05, 3.63) is 88.1 Å². The van der Waals surface area contributed by atoms with Crippen molar-refractivity contribution >= 4 is 11.3 Å². The highest BCUT2D eigenvalue weighted by molar-refractivity contribution is 7.10. The third-order valence-electron chi connectivity index (χ3n) is 6.95. The molecule has 4 rings (SSSR count). The summed E-state index contributed by atoms with van der Waals surface area (Å²) < 4.78 is 6.46. The summed E-state index contributed by atoms with van der Waals surface area (Å²) in [6, 6.07) is 24.0. The Morgan fingerprint density at radius 2 is 1.82 bits per heavy atom. The van der Waals surface area contributed by atoms with Gasteiger partial charge in [-0.1, -0.05) is 48.5 Å². The lowest BCUT2D eigenvalue weighted by Crippen LogP contribution is -2.50. The number of hydrogen-bond acceptors (Lipinski definition) is 5. The summed E-state index contributed by atoms with van der Waals surface area (Å²) in [7, 11) is 6.44. The van der Waals surface area contributed by atoms with Gasteiger partial charge in [0, 0.05) is 36.5 Å². The Kier molecular flexibility index (Phi) is 8.20. The van der Waals surface area contributed by atoms with Gasteiger partial charge >= 0.3 is 0 Å². The molecule has 5 heteroatoms. The Bertz CT molecular complexity index is 966. The van der Waals surface area contributed by atoms with Crippen LogP contribution in [0.3, 0.4) is 0 Å². The number of nitrogens with one attached hydrogen (secondary N) is 1. The molecule has 1 fully saturated rings. The van der Waals surface area contributed by atoms with E-state index >= 15 is 0 Å². The van der Waals surface area contributed by atoms with Gasteiger partial charge in [0.25, 0.3) is 0 Å². The molecule has 0 bridgehead atoms. The van der Waals surface area contributed by atoms with Crippen LogP contribution in [0.25, 0.3) is 0 Å². The molecule has 0 amide bonds. The van der Waals surface area contributed by atoms with E-state index in [4.69, 9.17) is 4.74 Å². The fourth-order valence-electron chi connectivity index (χ4n) is 4.97. The molecule has 4 nitrogen and oxygen atoms in total. The molecule has 1 N–H and O–H groups in total. The first-order chi connectivity index (χ1) is 16.1. The monoisotopic (exact) mass is 463 g/mol. The molecule has 176 valence electrons. The minimum atomic E-state index is 0.0919. The van der Waals surface area contributed by atoms with Crippen molar-refractivity contribution in [2.75, 3.05) is 40.8 Å². The topological polar surface area (TPSA) is 27.7 Å². The molecule has 1 aliphatic rings. The van der Waals surface area contributed by atoms with E-state index in [9.17, 15) is 0 Å². The minimum absolute atomic E-state index is 0.0919. The summed E-state index contributed by atoms with van der Waals surface area (Å²) in [6.07, 6.45) is 3.34. The third kappa shape index (κ3) is 5.85. The molecule has 0 saturated carbocycles. The summed E-state index contributed by atoms with van der Waals surface area (Å²) in [5, 5.41) is 5.38. The Hall–Kier alpha value is -2.18. The van der Waals surface area contributed by atoms with E-state index in [0.29, 0.717) is 0 Å². The molecule has 33 heavy (non-hydrogen) atoms. The number of thiophene rings is 1. The second-order valence-electron chi connectivity index (χ2n) is 9.23. The van der Waals surface area contributed by atoms with E-state index in [-0.39, 0.29) is 11.6 Å². The maximum atomic E-state index is 6.46. The van der Waals surface area contributed by atoms with E-state index < -0.39 is 0 Å². The highest BCUT2D eigenvalue weighted by Gasteiger charge is 2.37. The number of ether oxygens (including phenoxy) is 1. The van der Waals surface area contributed by atoms with Crippen molar-refractivity contribution in [1.29, 1.82) is 0 Å². The quantitative estimate of drug-likeness (QED) is 0.428. The van der Waals surface area contributed by atoms with Crippen LogP contribution in [0.2, 0.25) is 0 Å². The van der Waals surface area contributed by atoms with Crippen molar-refractivity contribution in [3.63, 3.8) is 0 Å². The zero-order valence-corrected chi connectivity index (χ0v) is 21.0. The van der Waals surface area contributed by atoms with Crippen LogP contribution in [-0.4, -0.2) is 50.6 Å². The van der Waals surface area contributed by atoms with E-state index in [2.05, 4.69) is 101 Å². The van der Waals surface area contributed by atoms with E-state index in [1.807, 2.05) is 7.05 Å². The molecule has 1 aliphatic heterocycles. The number of piperidine rings is 1. The molecule has 1 saturated heterocycles. The lowest BCUT2D eigenvalue weighted by molar-refractivity contribution is 0.0507. The van der Waals surface area contributed by atoms with Gasteiger partial charge in [-0.25, -0.2) is 0 Å². The SMILES string of the molecule is CNCCC(Oc1cccc(CN2CCC(c3ccccc3)(N(C)C)CC2)c1)c1cccs1. The molecule has 0 aliphatic carbocycles. The Balaban J connectivity index is 1.40. The van der Waals surface area contributed by atoms with Gasteiger partial charge in [-0.05, 0) is 75.2 Å². The van der Waals surface area contributed by atoms with Gasteiger partial charge in [-0.3, -0.25) is 9.80 Å². The average molecular weight is 464 g/mol. The van der Waals surface area contributed by atoms with Gasteiger partial charge < -0.3 is 10.1 Å². The van der Waals surface area contributed by atoms with Crippen LogP contribution in [-0.2, 0) is 12.1 Å². The molecule has 1 atom stereocenters. The number of benzene rings is 2. The van der Waals surface area contributed by atoms with Crippen molar-refractivity contribution < 1.29 is 4.74 Å². The van der Waals surface area contributed by atoms with Crippen molar-refractivity contribution in [3.8, 4) is 5.75 Å². The second-order valence-corrected chi connectivity index (χ2v) is 10.2.